The molecule has 0 bridgehead atoms. The van der Waals surface area contributed by atoms with E-state index in [2.05, 4.69) is 46.3 Å². The number of nitrogens with zero attached hydrogens (tertiary/aromatic N) is 2. The molecule has 21 heavy (non-hydrogen) atoms. The third-order valence-electron chi connectivity index (χ3n) is 4.25. The highest BCUT2D eigenvalue weighted by molar-refractivity contribution is 5.98. The van der Waals surface area contributed by atoms with Crippen molar-refractivity contribution in [3.8, 4) is 0 Å². The van der Waals surface area contributed by atoms with E-state index < -0.39 is 0 Å². The number of rotatable bonds is 1. The average molecular weight is 275 g/mol. The maximum absolute atomic E-state index is 6.05. The van der Waals surface area contributed by atoms with E-state index in [9.17, 15) is 0 Å². The van der Waals surface area contributed by atoms with E-state index in [0.717, 1.165) is 36.1 Å². The standard InChI is InChI=1S/C18H17N3/c19-16-7-3-6-15-17(8-10-20-18(15)16)21-11-9-13-4-1-2-5-14(13)12-21/h1-8,10H,9,11-12,19H2. The fourth-order valence-electron chi connectivity index (χ4n) is 3.16. The van der Waals surface area contributed by atoms with Crippen LogP contribution in [0.3, 0.4) is 0 Å². The summed E-state index contributed by atoms with van der Waals surface area (Å²) in [6.45, 7) is 1.98. The summed E-state index contributed by atoms with van der Waals surface area (Å²) in [6.07, 6.45) is 2.94. The number of aromatic nitrogens is 1. The van der Waals surface area contributed by atoms with E-state index in [1.807, 2.05) is 18.3 Å². The predicted molar refractivity (Wildman–Crippen MR) is 87.4 cm³/mol. The van der Waals surface area contributed by atoms with Crippen LogP contribution in [0, 0.1) is 0 Å². The van der Waals surface area contributed by atoms with Crippen LogP contribution in [0.15, 0.2) is 54.7 Å². The third-order valence-corrected chi connectivity index (χ3v) is 4.25. The van der Waals surface area contributed by atoms with Crippen molar-refractivity contribution in [3.63, 3.8) is 0 Å². The minimum absolute atomic E-state index is 0.742. The summed E-state index contributed by atoms with van der Waals surface area (Å²) < 4.78 is 0. The first-order valence-corrected chi connectivity index (χ1v) is 7.28. The molecule has 3 aromatic rings. The Labute approximate surface area is 124 Å². The summed E-state index contributed by atoms with van der Waals surface area (Å²) in [6, 6.07) is 16.8. The number of hydrogen-bond acceptors (Lipinski definition) is 3. The van der Waals surface area contributed by atoms with Gasteiger partial charge in [0, 0.05) is 30.4 Å². The van der Waals surface area contributed by atoms with Gasteiger partial charge in [0.15, 0.2) is 0 Å². The fourth-order valence-corrected chi connectivity index (χ4v) is 3.16. The zero-order valence-electron chi connectivity index (χ0n) is 11.8. The molecule has 0 atom stereocenters. The number of pyridine rings is 1. The highest BCUT2D eigenvalue weighted by atomic mass is 15.1. The van der Waals surface area contributed by atoms with Crippen molar-refractivity contribution in [2.24, 2.45) is 0 Å². The summed E-state index contributed by atoms with van der Waals surface area (Å²) in [4.78, 5) is 6.85. The molecule has 2 heterocycles. The number of para-hydroxylation sites is 1. The van der Waals surface area contributed by atoms with Crippen LogP contribution in [0.5, 0.6) is 0 Å². The number of benzene rings is 2. The maximum atomic E-state index is 6.05. The number of hydrogen-bond donors (Lipinski definition) is 1. The Morgan fingerprint density at radius 1 is 0.952 bits per heavy atom. The molecule has 1 aliphatic heterocycles. The molecule has 4 rings (SSSR count). The molecular formula is C18H17N3. The molecular weight excluding hydrogens is 258 g/mol. The van der Waals surface area contributed by atoms with Crippen LogP contribution in [0.4, 0.5) is 11.4 Å². The second kappa shape index (κ2) is 4.77. The van der Waals surface area contributed by atoms with Gasteiger partial charge >= 0.3 is 0 Å². The molecule has 0 aliphatic carbocycles. The SMILES string of the molecule is Nc1cccc2c(N3CCc4ccccc4C3)ccnc12. The van der Waals surface area contributed by atoms with Gasteiger partial charge in [-0.05, 0) is 29.7 Å². The Morgan fingerprint density at radius 2 is 1.81 bits per heavy atom. The zero-order valence-corrected chi connectivity index (χ0v) is 11.8. The summed E-state index contributed by atoms with van der Waals surface area (Å²) in [5.41, 5.74) is 11.8. The normalized spacial score (nSPS) is 14.2. The Morgan fingerprint density at radius 3 is 2.71 bits per heavy atom. The number of nitrogen functional groups attached to an aromatic ring is 1. The molecule has 1 aromatic heterocycles. The van der Waals surface area contributed by atoms with Crippen LogP contribution in [-0.2, 0) is 13.0 Å². The van der Waals surface area contributed by atoms with Crippen LogP contribution in [0.2, 0.25) is 0 Å². The molecule has 3 heteroatoms. The van der Waals surface area contributed by atoms with Crippen molar-refractivity contribution in [1.82, 2.24) is 4.98 Å². The highest BCUT2D eigenvalue weighted by Gasteiger charge is 2.18. The minimum atomic E-state index is 0.742. The summed E-state index contributed by atoms with van der Waals surface area (Å²) in [5, 5.41) is 1.14. The number of fused-ring (bicyclic) bond motifs is 2. The largest absolute Gasteiger partial charge is 0.397 e. The van der Waals surface area contributed by atoms with Gasteiger partial charge < -0.3 is 10.6 Å². The zero-order chi connectivity index (χ0) is 14.2. The van der Waals surface area contributed by atoms with Crippen molar-refractivity contribution in [1.29, 1.82) is 0 Å². The molecule has 0 fully saturated rings. The van der Waals surface area contributed by atoms with Gasteiger partial charge in [-0.15, -0.1) is 0 Å². The van der Waals surface area contributed by atoms with Gasteiger partial charge in [0.2, 0.25) is 0 Å². The molecule has 1 aliphatic rings. The van der Waals surface area contributed by atoms with Gasteiger partial charge in [-0.25, -0.2) is 0 Å². The first-order valence-electron chi connectivity index (χ1n) is 7.28. The van der Waals surface area contributed by atoms with E-state index in [4.69, 9.17) is 5.73 Å². The van der Waals surface area contributed by atoms with Gasteiger partial charge in [-0.1, -0.05) is 36.4 Å². The molecule has 3 nitrogen and oxygen atoms in total. The molecule has 0 saturated heterocycles. The minimum Gasteiger partial charge on any atom is -0.397 e. The lowest BCUT2D eigenvalue weighted by molar-refractivity contribution is 0.734. The fraction of sp³-hybridized carbons (Fsp3) is 0.167. The molecule has 0 radical (unpaired) electrons. The predicted octanol–water partition coefficient (Wildman–Crippen LogP) is 3.38. The molecule has 0 unspecified atom stereocenters. The van der Waals surface area contributed by atoms with Gasteiger partial charge in [-0.3, -0.25) is 4.98 Å². The maximum Gasteiger partial charge on any atom is 0.0951 e. The summed E-state index contributed by atoms with van der Waals surface area (Å²) in [5.74, 6) is 0. The molecule has 0 spiro atoms. The van der Waals surface area contributed by atoms with Crippen molar-refractivity contribution >= 4 is 22.3 Å². The average Bonchev–Trinajstić information content (AvgIpc) is 2.54. The van der Waals surface area contributed by atoms with E-state index in [1.165, 1.54) is 16.8 Å². The van der Waals surface area contributed by atoms with Gasteiger partial charge in [-0.2, -0.15) is 0 Å². The Hall–Kier alpha value is -2.55. The first-order chi connectivity index (χ1) is 10.3. The molecule has 0 amide bonds. The lowest BCUT2D eigenvalue weighted by Crippen LogP contribution is -2.30. The Balaban J connectivity index is 1.80. The van der Waals surface area contributed by atoms with Crippen LogP contribution in [0.25, 0.3) is 10.9 Å². The van der Waals surface area contributed by atoms with Crippen LogP contribution in [-0.4, -0.2) is 11.5 Å². The van der Waals surface area contributed by atoms with E-state index in [-0.39, 0.29) is 0 Å². The number of anilines is 2. The summed E-state index contributed by atoms with van der Waals surface area (Å²) >= 11 is 0. The van der Waals surface area contributed by atoms with Crippen LogP contribution in [0.1, 0.15) is 11.1 Å². The topological polar surface area (TPSA) is 42.1 Å². The monoisotopic (exact) mass is 275 g/mol. The molecule has 0 saturated carbocycles. The number of nitrogens with two attached hydrogens (primary N) is 1. The van der Waals surface area contributed by atoms with Gasteiger partial charge in [0.05, 0.1) is 11.2 Å². The quantitative estimate of drug-likeness (QED) is 0.692. The van der Waals surface area contributed by atoms with Gasteiger partial charge in [0.1, 0.15) is 0 Å². The first kappa shape index (κ1) is 12.2. The van der Waals surface area contributed by atoms with E-state index in [1.54, 1.807) is 0 Å². The second-order valence-electron chi connectivity index (χ2n) is 5.51. The Kier molecular flexibility index (Phi) is 2.78. The Bertz CT molecular complexity index is 810. The van der Waals surface area contributed by atoms with Crippen LogP contribution < -0.4 is 10.6 Å². The molecule has 104 valence electrons. The summed E-state index contributed by atoms with van der Waals surface area (Å²) in [7, 11) is 0. The smallest absolute Gasteiger partial charge is 0.0951 e. The van der Waals surface area contributed by atoms with Crippen LogP contribution >= 0.6 is 0 Å². The van der Waals surface area contributed by atoms with Gasteiger partial charge in [0.25, 0.3) is 0 Å². The second-order valence-corrected chi connectivity index (χ2v) is 5.51. The van der Waals surface area contributed by atoms with Crippen molar-refractivity contribution in [3.05, 3.63) is 65.9 Å². The van der Waals surface area contributed by atoms with E-state index >= 15 is 0 Å². The van der Waals surface area contributed by atoms with Crippen molar-refractivity contribution in [2.45, 2.75) is 13.0 Å². The third kappa shape index (κ3) is 2.02. The van der Waals surface area contributed by atoms with E-state index in [0.29, 0.717) is 0 Å². The highest BCUT2D eigenvalue weighted by Crippen LogP contribution is 2.31. The van der Waals surface area contributed by atoms with Crippen molar-refractivity contribution in [2.75, 3.05) is 17.2 Å². The lowest BCUT2D eigenvalue weighted by atomic mass is 9.99. The molecule has 2 N–H and O–H groups in total. The molecule has 2 aromatic carbocycles. The van der Waals surface area contributed by atoms with Crippen molar-refractivity contribution < 1.29 is 0 Å². The lowest BCUT2D eigenvalue weighted by Gasteiger charge is -2.31.